The Morgan fingerprint density at radius 2 is 1.90 bits per heavy atom. The minimum Gasteiger partial charge on any atom is -0.402 e. The van der Waals surface area contributed by atoms with Crippen molar-refractivity contribution < 1.29 is 0 Å². The van der Waals surface area contributed by atoms with Crippen molar-refractivity contribution in [3.8, 4) is 0 Å². The molecule has 0 aliphatic rings. The SMILES string of the molecule is C=C/C=C\CNC(=C)c1ccccc1/C(C=C)=C(/C)N. The quantitative estimate of drug-likeness (QED) is 0.735. The summed E-state index contributed by atoms with van der Waals surface area (Å²) in [5, 5.41) is 3.27. The lowest BCUT2D eigenvalue weighted by Gasteiger charge is -2.14. The smallest absolute Gasteiger partial charge is 0.0349 e. The van der Waals surface area contributed by atoms with Gasteiger partial charge in [0.05, 0.1) is 0 Å². The van der Waals surface area contributed by atoms with Crippen LogP contribution in [0.5, 0.6) is 0 Å². The van der Waals surface area contributed by atoms with E-state index in [0.717, 1.165) is 28.1 Å². The van der Waals surface area contributed by atoms with Gasteiger partial charge in [0.15, 0.2) is 0 Å². The molecule has 1 rings (SSSR count). The molecule has 1 aromatic rings. The molecule has 1 aromatic carbocycles. The van der Waals surface area contributed by atoms with Crippen LogP contribution in [0.2, 0.25) is 0 Å². The van der Waals surface area contributed by atoms with Gasteiger partial charge >= 0.3 is 0 Å². The van der Waals surface area contributed by atoms with Gasteiger partial charge in [-0.25, -0.2) is 0 Å². The summed E-state index contributed by atoms with van der Waals surface area (Å²) < 4.78 is 0. The Bertz CT molecular complexity index is 559. The topological polar surface area (TPSA) is 38.0 Å². The average Bonchev–Trinajstić information content (AvgIpc) is 2.44. The highest BCUT2D eigenvalue weighted by Gasteiger charge is 2.08. The first-order valence-corrected chi connectivity index (χ1v) is 6.50. The van der Waals surface area contributed by atoms with Crippen molar-refractivity contribution in [2.45, 2.75) is 6.92 Å². The first-order valence-electron chi connectivity index (χ1n) is 6.50. The predicted octanol–water partition coefficient (Wildman–Crippen LogP) is 3.86. The van der Waals surface area contributed by atoms with Crippen molar-refractivity contribution in [3.63, 3.8) is 0 Å². The Kier molecular flexibility index (Phi) is 6.11. The van der Waals surface area contributed by atoms with E-state index in [1.807, 2.05) is 43.3 Å². The molecule has 0 bridgehead atoms. The van der Waals surface area contributed by atoms with E-state index in [2.05, 4.69) is 25.1 Å². The van der Waals surface area contributed by atoms with Crippen LogP contribution < -0.4 is 11.1 Å². The van der Waals surface area contributed by atoms with Crippen LogP contribution in [-0.2, 0) is 0 Å². The third-order valence-corrected chi connectivity index (χ3v) is 2.88. The van der Waals surface area contributed by atoms with Crippen LogP contribution in [0.4, 0.5) is 0 Å². The molecule has 0 aliphatic carbocycles. The number of rotatable bonds is 7. The highest BCUT2D eigenvalue weighted by Crippen LogP contribution is 2.25. The highest BCUT2D eigenvalue weighted by atomic mass is 14.9. The highest BCUT2D eigenvalue weighted by molar-refractivity contribution is 5.83. The van der Waals surface area contributed by atoms with E-state index in [1.54, 1.807) is 12.2 Å². The van der Waals surface area contributed by atoms with Gasteiger partial charge in [-0.3, -0.25) is 0 Å². The van der Waals surface area contributed by atoms with E-state index in [1.165, 1.54) is 0 Å². The summed E-state index contributed by atoms with van der Waals surface area (Å²) in [7, 11) is 0. The molecular formula is C18H22N2. The average molecular weight is 266 g/mol. The number of allylic oxidation sites excluding steroid dienone is 5. The van der Waals surface area contributed by atoms with Gasteiger partial charge in [-0.2, -0.15) is 0 Å². The van der Waals surface area contributed by atoms with Gasteiger partial charge in [0.25, 0.3) is 0 Å². The molecule has 0 unspecified atom stereocenters. The zero-order valence-corrected chi connectivity index (χ0v) is 12.0. The van der Waals surface area contributed by atoms with Crippen LogP contribution in [0.15, 0.2) is 74.0 Å². The second kappa shape index (κ2) is 7.85. The van der Waals surface area contributed by atoms with Gasteiger partial charge in [0.1, 0.15) is 0 Å². The van der Waals surface area contributed by atoms with Crippen LogP contribution in [0.3, 0.4) is 0 Å². The van der Waals surface area contributed by atoms with Crippen LogP contribution in [0.25, 0.3) is 11.3 Å². The Morgan fingerprint density at radius 1 is 1.25 bits per heavy atom. The zero-order valence-electron chi connectivity index (χ0n) is 12.0. The molecule has 0 aromatic heterocycles. The summed E-state index contributed by atoms with van der Waals surface area (Å²) in [5.41, 5.74) is 10.5. The molecule has 0 atom stereocenters. The molecule has 0 spiro atoms. The van der Waals surface area contributed by atoms with Crippen molar-refractivity contribution in [2.24, 2.45) is 5.73 Å². The second-order valence-electron chi connectivity index (χ2n) is 4.37. The lowest BCUT2D eigenvalue weighted by atomic mass is 9.96. The lowest BCUT2D eigenvalue weighted by Crippen LogP contribution is -2.12. The van der Waals surface area contributed by atoms with Crippen molar-refractivity contribution in [3.05, 3.63) is 85.1 Å². The number of benzene rings is 1. The van der Waals surface area contributed by atoms with Gasteiger partial charge in [0.2, 0.25) is 0 Å². The molecule has 2 heteroatoms. The van der Waals surface area contributed by atoms with E-state index < -0.39 is 0 Å². The van der Waals surface area contributed by atoms with Crippen LogP contribution in [-0.4, -0.2) is 6.54 Å². The summed E-state index contributed by atoms with van der Waals surface area (Å²) in [6, 6.07) is 8.01. The normalized spacial score (nSPS) is 11.8. The molecule has 104 valence electrons. The molecule has 2 nitrogen and oxygen atoms in total. The lowest BCUT2D eigenvalue weighted by molar-refractivity contribution is 1.01. The Hall–Kier alpha value is -2.48. The predicted molar refractivity (Wildman–Crippen MR) is 89.8 cm³/mol. The summed E-state index contributed by atoms with van der Waals surface area (Å²) in [6.45, 7) is 14.1. The molecule has 0 radical (unpaired) electrons. The maximum Gasteiger partial charge on any atom is 0.0349 e. The molecule has 0 amide bonds. The van der Waals surface area contributed by atoms with Crippen molar-refractivity contribution in [1.29, 1.82) is 0 Å². The maximum absolute atomic E-state index is 5.92. The first-order chi connectivity index (χ1) is 9.61. The fourth-order valence-corrected chi connectivity index (χ4v) is 1.91. The van der Waals surface area contributed by atoms with Crippen molar-refractivity contribution >= 4 is 11.3 Å². The van der Waals surface area contributed by atoms with E-state index in [-0.39, 0.29) is 0 Å². The minimum atomic E-state index is 0.702. The monoisotopic (exact) mass is 266 g/mol. The second-order valence-corrected chi connectivity index (χ2v) is 4.37. The number of hydrogen-bond donors (Lipinski definition) is 2. The molecule has 0 saturated carbocycles. The van der Waals surface area contributed by atoms with Gasteiger partial charge in [-0.1, -0.05) is 68.3 Å². The van der Waals surface area contributed by atoms with Gasteiger partial charge < -0.3 is 11.1 Å². The zero-order chi connectivity index (χ0) is 15.0. The Labute approximate surface area is 121 Å². The summed E-state index contributed by atoms with van der Waals surface area (Å²) in [5.74, 6) is 0. The fourth-order valence-electron chi connectivity index (χ4n) is 1.91. The Balaban J connectivity index is 3.04. The third-order valence-electron chi connectivity index (χ3n) is 2.88. The van der Waals surface area contributed by atoms with Gasteiger partial charge in [0, 0.05) is 29.1 Å². The van der Waals surface area contributed by atoms with E-state index in [9.17, 15) is 0 Å². The fraction of sp³-hybridized carbons (Fsp3) is 0.111. The molecule has 0 saturated heterocycles. The van der Waals surface area contributed by atoms with Crippen LogP contribution in [0.1, 0.15) is 18.1 Å². The molecular weight excluding hydrogens is 244 g/mol. The number of nitrogens with two attached hydrogens (primary N) is 1. The van der Waals surface area contributed by atoms with Gasteiger partial charge in [-0.05, 0) is 12.5 Å². The third kappa shape index (κ3) is 4.02. The number of hydrogen-bond acceptors (Lipinski definition) is 2. The van der Waals surface area contributed by atoms with E-state index >= 15 is 0 Å². The summed E-state index contributed by atoms with van der Waals surface area (Å²) >= 11 is 0. The number of nitrogens with one attached hydrogen (secondary N) is 1. The first kappa shape index (κ1) is 15.6. The van der Waals surface area contributed by atoms with Gasteiger partial charge in [-0.15, -0.1) is 0 Å². The van der Waals surface area contributed by atoms with E-state index in [4.69, 9.17) is 5.73 Å². The van der Waals surface area contributed by atoms with Crippen molar-refractivity contribution in [2.75, 3.05) is 6.54 Å². The van der Waals surface area contributed by atoms with Crippen LogP contribution >= 0.6 is 0 Å². The molecule has 0 aliphatic heterocycles. The van der Waals surface area contributed by atoms with Crippen molar-refractivity contribution in [1.82, 2.24) is 5.32 Å². The molecule has 0 fully saturated rings. The maximum atomic E-state index is 5.92. The Morgan fingerprint density at radius 3 is 2.45 bits per heavy atom. The molecule has 20 heavy (non-hydrogen) atoms. The van der Waals surface area contributed by atoms with Crippen LogP contribution in [0, 0.1) is 0 Å². The summed E-state index contributed by atoms with van der Waals surface area (Å²) in [4.78, 5) is 0. The standard InChI is InChI=1S/C18H22N2/c1-5-7-10-13-20-15(4)17-11-8-9-12-18(17)16(6-2)14(3)19/h5-12,20H,1-2,4,13,19H2,3H3/b10-7-,16-14-. The summed E-state index contributed by atoms with van der Waals surface area (Å²) in [6.07, 6.45) is 7.40. The molecule has 0 heterocycles. The van der Waals surface area contributed by atoms with E-state index in [0.29, 0.717) is 6.54 Å². The largest absolute Gasteiger partial charge is 0.402 e. The molecule has 3 N–H and O–H groups in total. The minimum absolute atomic E-state index is 0.702.